The van der Waals surface area contributed by atoms with Gasteiger partial charge in [-0.15, -0.1) is 4.40 Å². The number of amidine groups is 1. The number of nitrogens with one attached hydrogen (secondary N) is 2. The molecular weight excluding hydrogens is 571 g/mol. The standard InChI is InChI=1S/C25H24ClFN4O6S2/c1-38(34,35)29-16-5-7-18-19(10-16)39(36,37)30-24(28-18)21-23(32)20-12-2-3-13(8-12)22(20)31(25(21)33)11-14-9-15(26)4-6-17(14)27/h4-7,9-10,12-13,20,22,29,32H,2-3,8,11H2,1H3,(H,28,30)/t12-,13+,20?,22?/m0/s1. The Hall–Kier alpha value is -3.16. The number of amides is 1. The van der Waals surface area contributed by atoms with Crippen molar-refractivity contribution in [3.63, 3.8) is 0 Å². The Bertz CT molecular complexity index is 1710. The van der Waals surface area contributed by atoms with Crippen LogP contribution in [0.2, 0.25) is 5.02 Å². The van der Waals surface area contributed by atoms with E-state index < -0.39 is 37.7 Å². The highest BCUT2D eigenvalue weighted by atomic mass is 35.5. The van der Waals surface area contributed by atoms with E-state index in [4.69, 9.17) is 11.6 Å². The number of rotatable bonds is 5. The summed E-state index contributed by atoms with van der Waals surface area (Å²) in [5, 5.41) is 14.5. The zero-order chi connectivity index (χ0) is 27.9. The van der Waals surface area contributed by atoms with E-state index in [0.29, 0.717) is 5.02 Å². The molecule has 2 fully saturated rings. The van der Waals surface area contributed by atoms with E-state index in [1.54, 1.807) is 0 Å². The summed E-state index contributed by atoms with van der Waals surface area (Å²) in [6.07, 6.45) is 3.46. The van der Waals surface area contributed by atoms with Gasteiger partial charge in [-0.3, -0.25) is 9.52 Å². The molecule has 0 radical (unpaired) electrons. The number of sulfonamides is 2. The molecule has 6 rings (SSSR count). The third-order valence-corrected chi connectivity index (χ3v) is 10.0. The Morgan fingerprint density at radius 1 is 1.21 bits per heavy atom. The molecule has 1 amide bonds. The predicted octanol–water partition coefficient (Wildman–Crippen LogP) is 3.63. The first-order valence-electron chi connectivity index (χ1n) is 12.2. The Morgan fingerprint density at radius 2 is 1.95 bits per heavy atom. The van der Waals surface area contributed by atoms with Crippen LogP contribution in [0.4, 0.5) is 15.8 Å². The van der Waals surface area contributed by atoms with Crippen LogP contribution < -0.4 is 10.0 Å². The molecular formula is C25H24ClFN4O6S2. The highest BCUT2D eigenvalue weighted by Crippen LogP contribution is 2.55. The molecule has 4 atom stereocenters. The normalized spacial score (nSPS) is 27.1. The molecule has 0 aromatic heterocycles. The van der Waals surface area contributed by atoms with Crippen molar-refractivity contribution < 1.29 is 31.1 Å². The first-order chi connectivity index (χ1) is 18.3. The van der Waals surface area contributed by atoms with Gasteiger partial charge in [0.15, 0.2) is 5.84 Å². The molecule has 14 heteroatoms. The van der Waals surface area contributed by atoms with Crippen molar-refractivity contribution in [3.8, 4) is 0 Å². The molecule has 2 aliphatic heterocycles. The number of anilines is 2. The van der Waals surface area contributed by atoms with Crippen LogP contribution in [-0.4, -0.2) is 50.9 Å². The highest BCUT2D eigenvalue weighted by Gasteiger charge is 2.57. The van der Waals surface area contributed by atoms with Crippen LogP contribution in [-0.2, 0) is 31.4 Å². The molecule has 39 heavy (non-hydrogen) atoms. The topological polar surface area (TPSA) is 145 Å². The zero-order valence-electron chi connectivity index (χ0n) is 20.6. The Kier molecular flexibility index (Phi) is 5.97. The van der Waals surface area contributed by atoms with Crippen molar-refractivity contribution in [2.24, 2.45) is 22.2 Å². The minimum atomic E-state index is -4.39. The summed E-state index contributed by atoms with van der Waals surface area (Å²) in [6.45, 7) is -0.108. The van der Waals surface area contributed by atoms with Crippen LogP contribution in [0.3, 0.4) is 0 Å². The number of fused-ring (bicyclic) bond motifs is 6. The number of benzene rings is 2. The van der Waals surface area contributed by atoms with Crippen LogP contribution >= 0.6 is 11.6 Å². The summed E-state index contributed by atoms with van der Waals surface area (Å²) in [5.41, 5.74) is 0.0182. The monoisotopic (exact) mass is 594 g/mol. The summed E-state index contributed by atoms with van der Waals surface area (Å²) in [5.74, 6) is -1.98. The lowest BCUT2D eigenvalue weighted by atomic mass is 9.77. The van der Waals surface area contributed by atoms with Gasteiger partial charge in [-0.2, -0.15) is 8.42 Å². The molecule has 0 saturated heterocycles. The van der Waals surface area contributed by atoms with Gasteiger partial charge in [0.1, 0.15) is 22.0 Å². The van der Waals surface area contributed by atoms with Gasteiger partial charge in [-0.25, -0.2) is 12.8 Å². The van der Waals surface area contributed by atoms with E-state index in [1.807, 2.05) is 0 Å². The molecule has 2 aliphatic carbocycles. The zero-order valence-corrected chi connectivity index (χ0v) is 22.9. The molecule has 4 aliphatic rings. The molecule has 2 unspecified atom stereocenters. The molecule has 0 spiro atoms. The third kappa shape index (κ3) is 4.45. The van der Waals surface area contributed by atoms with E-state index in [0.717, 1.165) is 31.6 Å². The Morgan fingerprint density at radius 3 is 2.69 bits per heavy atom. The van der Waals surface area contributed by atoms with Gasteiger partial charge in [0, 0.05) is 34.8 Å². The lowest BCUT2D eigenvalue weighted by Crippen LogP contribution is -2.53. The lowest BCUT2D eigenvalue weighted by Gasteiger charge is -2.44. The average Bonchev–Trinajstić information content (AvgIpc) is 3.45. The first kappa shape index (κ1) is 26.1. The van der Waals surface area contributed by atoms with Crippen molar-refractivity contribution in [3.05, 3.63) is 64.1 Å². The summed E-state index contributed by atoms with van der Waals surface area (Å²) < 4.78 is 70.3. The number of carbonyl (C=O) groups excluding carboxylic acids is 1. The fourth-order valence-electron chi connectivity index (χ4n) is 6.44. The van der Waals surface area contributed by atoms with Crippen molar-refractivity contribution in [1.29, 1.82) is 0 Å². The molecule has 10 nitrogen and oxygen atoms in total. The number of nitrogens with zero attached hydrogens (tertiary/aromatic N) is 2. The van der Waals surface area contributed by atoms with Crippen LogP contribution in [0.15, 0.2) is 57.0 Å². The van der Waals surface area contributed by atoms with Crippen LogP contribution in [0.25, 0.3) is 0 Å². The summed E-state index contributed by atoms with van der Waals surface area (Å²) >= 11 is 6.09. The second kappa shape index (κ2) is 8.93. The van der Waals surface area contributed by atoms with Gasteiger partial charge in [0.05, 0.1) is 11.9 Å². The lowest BCUT2D eigenvalue weighted by molar-refractivity contribution is -0.134. The van der Waals surface area contributed by atoms with Crippen molar-refractivity contribution in [1.82, 2.24) is 4.90 Å². The number of aliphatic hydroxyl groups excluding tert-OH is 1. The van der Waals surface area contributed by atoms with Gasteiger partial charge < -0.3 is 15.3 Å². The number of carbonyl (C=O) groups is 1. The van der Waals surface area contributed by atoms with Gasteiger partial charge in [-0.05, 0) is 67.5 Å². The molecule has 2 heterocycles. The molecule has 2 aromatic rings. The molecule has 206 valence electrons. The second-order valence-electron chi connectivity index (χ2n) is 10.4. The minimum Gasteiger partial charge on any atom is -0.511 e. The predicted molar refractivity (Wildman–Crippen MR) is 143 cm³/mol. The average molecular weight is 595 g/mol. The van der Waals surface area contributed by atoms with Crippen molar-refractivity contribution in [2.45, 2.75) is 36.7 Å². The van der Waals surface area contributed by atoms with Gasteiger partial charge >= 0.3 is 0 Å². The maximum absolute atomic E-state index is 14.7. The minimum absolute atomic E-state index is 0.0237. The van der Waals surface area contributed by atoms with Crippen molar-refractivity contribution in [2.75, 3.05) is 16.3 Å². The molecule has 2 bridgehead atoms. The van der Waals surface area contributed by atoms with Crippen LogP contribution in [0.1, 0.15) is 24.8 Å². The maximum Gasteiger partial charge on any atom is 0.286 e. The fourth-order valence-corrected chi connectivity index (χ4v) is 8.34. The Balaban J connectivity index is 1.42. The number of hydrogen-bond donors (Lipinski definition) is 3. The van der Waals surface area contributed by atoms with E-state index in [9.17, 15) is 31.1 Å². The summed E-state index contributed by atoms with van der Waals surface area (Å²) in [7, 11) is -8.05. The van der Waals surface area contributed by atoms with Crippen LogP contribution in [0, 0.1) is 23.6 Å². The SMILES string of the molecule is CS(=O)(=O)Nc1ccc2c(c1)S(=O)(=O)N=C(C1=C(O)C3C([C@@H]4CC[C@H]3C4)N(Cc3cc(Cl)ccc3F)C1=O)N2. The number of halogens is 2. The largest absolute Gasteiger partial charge is 0.511 e. The number of hydrogen-bond acceptors (Lipinski definition) is 7. The van der Waals surface area contributed by atoms with Crippen molar-refractivity contribution >= 4 is 54.8 Å². The third-order valence-electron chi connectivity index (χ3n) is 7.89. The van der Waals surface area contributed by atoms with E-state index >= 15 is 0 Å². The van der Waals surface area contributed by atoms with Gasteiger partial charge in [0.25, 0.3) is 15.9 Å². The van der Waals surface area contributed by atoms with Crippen LogP contribution in [0.5, 0.6) is 0 Å². The molecule has 3 N–H and O–H groups in total. The van der Waals surface area contributed by atoms with E-state index in [2.05, 4.69) is 14.4 Å². The Labute approximate surface area is 229 Å². The van der Waals surface area contributed by atoms with E-state index in [1.165, 1.54) is 35.2 Å². The van der Waals surface area contributed by atoms with Gasteiger partial charge in [-0.1, -0.05) is 11.6 Å². The summed E-state index contributed by atoms with van der Waals surface area (Å²) in [4.78, 5) is 15.2. The fraction of sp³-hybridized carbons (Fsp3) is 0.360. The number of aliphatic hydroxyl groups is 1. The second-order valence-corrected chi connectivity index (χ2v) is 14.2. The molecule has 2 aromatic carbocycles. The first-order valence-corrected chi connectivity index (χ1v) is 16.0. The smallest absolute Gasteiger partial charge is 0.286 e. The quantitative estimate of drug-likeness (QED) is 0.479. The molecule has 2 saturated carbocycles. The maximum atomic E-state index is 14.7. The summed E-state index contributed by atoms with van der Waals surface area (Å²) in [6, 6.07) is 7.55. The van der Waals surface area contributed by atoms with E-state index in [-0.39, 0.29) is 63.4 Å². The highest BCUT2D eigenvalue weighted by molar-refractivity contribution is 7.92. The van der Waals surface area contributed by atoms with Gasteiger partial charge in [0.2, 0.25) is 10.0 Å².